The summed E-state index contributed by atoms with van der Waals surface area (Å²) in [6, 6.07) is 9.53. The molecule has 0 amide bonds. The van der Waals surface area contributed by atoms with E-state index in [1.807, 2.05) is 30.3 Å². The number of hydrogen-bond acceptors (Lipinski definition) is 1. The van der Waals surface area contributed by atoms with Crippen molar-refractivity contribution in [3.63, 3.8) is 0 Å². The quantitative estimate of drug-likeness (QED) is 0.636. The summed E-state index contributed by atoms with van der Waals surface area (Å²) in [7, 11) is -1.64. The molecule has 1 aromatic rings. The highest BCUT2D eigenvalue weighted by Gasteiger charge is 2.24. The largest absolute Gasteiger partial charge is 0.300 e. The molecule has 0 saturated heterocycles. The molecule has 0 N–H and O–H groups in total. The third-order valence-corrected chi connectivity index (χ3v) is 3.37. The molecule has 0 aromatic heterocycles. The zero-order valence-corrected chi connectivity index (χ0v) is 8.79. The Hall–Kier alpha value is -0.893. The highest BCUT2D eigenvalue weighted by molar-refractivity contribution is 7.05. The van der Waals surface area contributed by atoms with Crippen LogP contribution >= 0.6 is 0 Å². The lowest BCUT2D eigenvalue weighted by Gasteiger charge is -2.13. The van der Waals surface area contributed by atoms with Gasteiger partial charge in [0.25, 0.3) is 0 Å². The summed E-state index contributed by atoms with van der Waals surface area (Å²) in [6.45, 7) is 6.22. The first kappa shape index (κ1) is 9.20. The highest BCUT2D eigenvalue weighted by Crippen LogP contribution is 2.10. The lowest BCUT2D eigenvalue weighted by molar-refractivity contribution is 0.106. The lowest BCUT2D eigenvalue weighted by atomic mass is 10.2. The fourth-order valence-corrected chi connectivity index (χ4v) is 2.06. The molecule has 1 aromatic carbocycles. The molecule has 0 bridgehead atoms. The van der Waals surface area contributed by atoms with Gasteiger partial charge in [0.1, 0.15) is 13.5 Å². The Morgan fingerprint density at radius 2 is 1.58 bits per heavy atom. The van der Waals surface area contributed by atoms with Crippen molar-refractivity contribution in [1.82, 2.24) is 0 Å². The van der Waals surface area contributed by atoms with E-state index in [9.17, 15) is 4.79 Å². The SMILES string of the molecule is C[Si](C)(C)C(=O)c1ccccc1. The van der Waals surface area contributed by atoms with Gasteiger partial charge in [0.15, 0.2) is 0 Å². The normalized spacial score (nSPS) is 11.2. The van der Waals surface area contributed by atoms with Crippen LogP contribution in [-0.4, -0.2) is 13.5 Å². The minimum Gasteiger partial charge on any atom is -0.300 e. The number of carbonyl (C=O) groups is 1. The van der Waals surface area contributed by atoms with Crippen LogP contribution in [-0.2, 0) is 0 Å². The van der Waals surface area contributed by atoms with Crippen LogP contribution in [0.25, 0.3) is 0 Å². The van der Waals surface area contributed by atoms with Gasteiger partial charge in [-0.05, 0) is 0 Å². The molecule has 0 heterocycles. The standard InChI is InChI=1S/C10H14OSi/c1-12(2,3)10(11)9-7-5-4-6-8-9/h4-8H,1-3H3. The Kier molecular flexibility index (Phi) is 2.48. The zero-order valence-electron chi connectivity index (χ0n) is 7.79. The van der Waals surface area contributed by atoms with E-state index < -0.39 is 8.07 Å². The maximum atomic E-state index is 11.7. The van der Waals surface area contributed by atoms with Crippen molar-refractivity contribution >= 4 is 13.5 Å². The zero-order chi connectivity index (χ0) is 9.19. The number of hydrogen-bond donors (Lipinski definition) is 0. The lowest BCUT2D eigenvalue weighted by Crippen LogP contribution is -2.33. The minimum absolute atomic E-state index is 0.336. The van der Waals surface area contributed by atoms with E-state index in [2.05, 4.69) is 19.6 Å². The first-order valence-corrected chi connectivity index (χ1v) is 7.61. The van der Waals surface area contributed by atoms with E-state index in [1.54, 1.807) is 0 Å². The Bertz CT molecular complexity index is 272. The van der Waals surface area contributed by atoms with Crippen molar-refractivity contribution in [2.75, 3.05) is 0 Å². The number of carbonyl (C=O) groups excluding carboxylic acids is 1. The molecular weight excluding hydrogens is 164 g/mol. The third-order valence-electron chi connectivity index (χ3n) is 1.72. The van der Waals surface area contributed by atoms with Gasteiger partial charge in [0.2, 0.25) is 0 Å². The van der Waals surface area contributed by atoms with Crippen molar-refractivity contribution in [2.24, 2.45) is 0 Å². The van der Waals surface area contributed by atoms with E-state index in [0.29, 0.717) is 5.41 Å². The van der Waals surface area contributed by atoms with E-state index in [1.165, 1.54) is 0 Å². The van der Waals surface area contributed by atoms with Gasteiger partial charge in [-0.3, -0.25) is 0 Å². The summed E-state index contributed by atoms with van der Waals surface area (Å²) in [5, 5.41) is 0.336. The number of benzene rings is 1. The second kappa shape index (κ2) is 3.23. The molecule has 0 spiro atoms. The molecule has 1 nitrogen and oxygen atoms in total. The molecule has 0 atom stereocenters. The van der Waals surface area contributed by atoms with Gasteiger partial charge in [0, 0.05) is 5.56 Å². The van der Waals surface area contributed by atoms with Crippen molar-refractivity contribution in [3.05, 3.63) is 35.9 Å². The van der Waals surface area contributed by atoms with Gasteiger partial charge in [-0.25, -0.2) is 0 Å². The van der Waals surface area contributed by atoms with Crippen LogP contribution in [0.2, 0.25) is 19.6 Å². The first-order chi connectivity index (χ1) is 5.52. The van der Waals surface area contributed by atoms with Crippen molar-refractivity contribution in [2.45, 2.75) is 19.6 Å². The summed E-state index contributed by atoms with van der Waals surface area (Å²) in [4.78, 5) is 11.7. The van der Waals surface area contributed by atoms with E-state index in [4.69, 9.17) is 0 Å². The molecule has 0 aliphatic rings. The van der Waals surface area contributed by atoms with Crippen molar-refractivity contribution in [1.29, 1.82) is 0 Å². The third kappa shape index (κ3) is 2.05. The van der Waals surface area contributed by atoms with Crippen LogP contribution in [0.5, 0.6) is 0 Å². The van der Waals surface area contributed by atoms with Crippen LogP contribution < -0.4 is 0 Å². The van der Waals surface area contributed by atoms with E-state index in [-0.39, 0.29) is 0 Å². The van der Waals surface area contributed by atoms with Gasteiger partial charge < -0.3 is 4.79 Å². The summed E-state index contributed by atoms with van der Waals surface area (Å²) < 4.78 is 0. The predicted molar refractivity (Wildman–Crippen MR) is 54.1 cm³/mol. The van der Waals surface area contributed by atoms with Gasteiger partial charge >= 0.3 is 0 Å². The van der Waals surface area contributed by atoms with Crippen LogP contribution in [0.1, 0.15) is 10.4 Å². The van der Waals surface area contributed by atoms with Crippen LogP contribution in [0, 0.1) is 0 Å². The Labute approximate surface area is 74.4 Å². The average molecular weight is 178 g/mol. The van der Waals surface area contributed by atoms with E-state index in [0.717, 1.165) is 5.56 Å². The fraction of sp³-hybridized carbons (Fsp3) is 0.300. The Morgan fingerprint density at radius 3 is 2.00 bits per heavy atom. The average Bonchev–Trinajstić information content (AvgIpc) is 2.03. The summed E-state index contributed by atoms with van der Waals surface area (Å²) in [5.41, 5.74) is 0.858. The summed E-state index contributed by atoms with van der Waals surface area (Å²) in [6.07, 6.45) is 0. The molecule has 0 aliphatic carbocycles. The highest BCUT2D eigenvalue weighted by atomic mass is 28.3. The molecule has 64 valence electrons. The molecule has 2 heteroatoms. The maximum absolute atomic E-state index is 11.7. The second-order valence-electron chi connectivity index (χ2n) is 3.95. The van der Waals surface area contributed by atoms with Gasteiger partial charge in [-0.1, -0.05) is 50.0 Å². The molecule has 0 radical (unpaired) electrons. The molecule has 0 unspecified atom stereocenters. The Balaban J connectivity index is 2.94. The first-order valence-electron chi connectivity index (χ1n) is 4.11. The minimum atomic E-state index is -1.64. The van der Waals surface area contributed by atoms with Crippen molar-refractivity contribution < 1.29 is 4.79 Å². The topological polar surface area (TPSA) is 17.1 Å². The molecule has 12 heavy (non-hydrogen) atoms. The van der Waals surface area contributed by atoms with Gasteiger partial charge in [0.05, 0.1) is 0 Å². The second-order valence-corrected chi connectivity index (χ2v) is 8.90. The molecular formula is C10H14OSi. The molecule has 1 rings (SSSR count). The van der Waals surface area contributed by atoms with Gasteiger partial charge in [-0.15, -0.1) is 0 Å². The van der Waals surface area contributed by atoms with Crippen molar-refractivity contribution in [3.8, 4) is 0 Å². The Morgan fingerprint density at radius 1 is 1.08 bits per heavy atom. The van der Waals surface area contributed by atoms with Crippen LogP contribution in [0.15, 0.2) is 30.3 Å². The van der Waals surface area contributed by atoms with E-state index >= 15 is 0 Å². The summed E-state index contributed by atoms with van der Waals surface area (Å²) >= 11 is 0. The molecule has 0 saturated carbocycles. The van der Waals surface area contributed by atoms with Crippen LogP contribution in [0.4, 0.5) is 0 Å². The fourth-order valence-electron chi connectivity index (χ4n) is 1.02. The molecule has 0 aliphatic heterocycles. The van der Waals surface area contributed by atoms with Crippen LogP contribution in [0.3, 0.4) is 0 Å². The predicted octanol–water partition coefficient (Wildman–Crippen LogP) is 2.75. The maximum Gasteiger partial charge on any atom is 0.139 e. The monoisotopic (exact) mass is 178 g/mol. The smallest absolute Gasteiger partial charge is 0.139 e. The molecule has 0 fully saturated rings. The summed E-state index contributed by atoms with van der Waals surface area (Å²) in [5.74, 6) is 0. The number of rotatable bonds is 2. The van der Waals surface area contributed by atoms with Gasteiger partial charge in [-0.2, -0.15) is 0 Å².